The first-order valence-electron chi connectivity index (χ1n) is 8.72. The van der Waals surface area contributed by atoms with Crippen molar-refractivity contribution in [1.82, 2.24) is 19.8 Å². The van der Waals surface area contributed by atoms with Crippen LogP contribution in [0.1, 0.15) is 33.8 Å². The van der Waals surface area contributed by atoms with Gasteiger partial charge in [0.25, 0.3) is 5.91 Å². The monoisotopic (exact) mass is 373 g/mol. The van der Waals surface area contributed by atoms with Crippen LogP contribution < -0.4 is 10.6 Å². The van der Waals surface area contributed by atoms with Crippen molar-refractivity contribution in [2.75, 3.05) is 25.0 Å². The van der Waals surface area contributed by atoms with E-state index in [0.29, 0.717) is 36.1 Å². The molecule has 8 heteroatoms. The molecule has 2 heterocycles. The maximum atomic E-state index is 12.5. The third-order valence-electron chi connectivity index (χ3n) is 4.61. The van der Waals surface area contributed by atoms with Crippen LogP contribution in [0, 0.1) is 19.8 Å². The first-order valence-corrected chi connectivity index (χ1v) is 9.50. The fraction of sp³-hybridized carbons (Fsp3) is 0.444. The van der Waals surface area contributed by atoms with Crippen molar-refractivity contribution in [1.29, 1.82) is 0 Å². The maximum absolute atomic E-state index is 12.5. The van der Waals surface area contributed by atoms with Gasteiger partial charge in [0.05, 0.1) is 5.69 Å². The van der Waals surface area contributed by atoms with Gasteiger partial charge in [-0.3, -0.25) is 4.79 Å². The number of nitrogens with one attached hydrogen (secondary N) is 2. The van der Waals surface area contributed by atoms with Crippen molar-refractivity contribution in [3.63, 3.8) is 0 Å². The van der Waals surface area contributed by atoms with Crippen molar-refractivity contribution in [3.05, 3.63) is 40.4 Å². The second kappa shape index (κ2) is 8.27. The summed E-state index contributed by atoms with van der Waals surface area (Å²) in [4.78, 5) is 26.9. The first-order chi connectivity index (χ1) is 12.5. The number of nitrogens with zero attached hydrogens (tertiary/aromatic N) is 3. The molecule has 0 radical (unpaired) electrons. The molecule has 3 amide bonds. The average molecular weight is 373 g/mol. The van der Waals surface area contributed by atoms with E-state index >= 15 is 0 Å². The first kappa shape index (κ1) is 18.3. The highest BCUT2D eigenvalue weighted by Crippen LogP contribution is 2.20. The van der Waals surface area contributed by atoms with Crippen LogP contribution in [0.4, 0.5) is 10.5 Å². The van der Waals surface area contributed by atoms with E-state index in [1.165, 1.54) is 0 Å². The minimum atomic E-state index is -0.196. The number of aromatic nitrogens is 2. The van der Waals surface area contributed by atoms with Crippen molar-refractivity contribution in [3.8, 4) is 0 Å². The Bertz CT molecular complexity index is 766. The van der Waals surface area contributed by atoms with Crippen LogP contribution >= 0.6 is 11.5 Å². The highest BCUT2D eigenvalue weighted by Gasteiger charge is 2.26. The van der Waals surface area contributed by atoms with Crippen molar-refractivity contribution in [2.45, 2.75) is 26.7 Å². The SMILES string of the molecule is Cc1ccc(NC(=O)NCC2CCN(C(=O)c3snnc3C)CC2)cc1. The number of benzene rings is 1. The summed E-state index contributed by atoms with van der Waals surface area (Å²) >= 11 is 1.15. The molecule has 0 atom stereocenters. The molecular weight excluding hydrogens is 350 g/mol. The largest absolute Gasteiger partial charge is 0.338 e. The van der Waals surface area contributed by atoms with E-state index in [0.717, 1.165) is 35.6 Å². The van der Waals surface area contributed by atoms with Crippen LogP contribution in [0.25, 0.3) is 0 Å². The zero-order valence-corrected chi connectivity index (χ0v) is 15.8. The number of anilines is 1. The third kappa shape index (κ3) is 4.57. The van der Waals surface area contributed by atoms with Crippen molar-refractivity contribution in [2.24, 2.45) is 5.92 Å². The predicted molar refractivity (Wildman–Crippen MR) is 101 cm³/mol. The fourth-order valence-corrected chi connectivity index (χ4v) is 3.59. The molecule has 7 nitrogen and oxygen atoms in total. The van der Waals surface area contributed by atoms with Crippen LogP contribution in [-0.2, 0) is 0 Å². The van der Waals surface area contributed by atoms with Gasteiger partial charge < -0.3 is 15.5 Å². The summed E-state index contributed by atoms with van der Waals surface area (Å²) in [5.41, 5.74) is 2.63. The smallest absolute Gasteiger partial charge is 0.319 e. The van der Waals surface area contributed by atoms with Crippen LogP contribution in [-0.4, -0.2) is 46.1 Å². The highest BCUT2D eigenvalue weighted by molar-refractivity contribution is 7.07. The lowest BCUT2D eigenvalue weighted by Gasteiger charge is -2.31. The molecule has 1 aliphatic heterocycles. The number of likely N-dealkylation sites (tertiary alicyclic amines) is 1. The lowest BCUT2D eigenvalue weighted by molar-refractivity contribution is 0.0694. The number of aryl methyl sites for hydroxylation is 2. The summed E-state index contributed by atoms with van der Waals surface area (Å²) in [5, 5.41) is 9.66. The molecule has 26 heavy (non-hydrogen) atoms. The minimum absolute atomic E-state index is 0.0148. The van der Waals surface area contributed by atoms with Crippen LogP contribution in [0.5, 0.6) is 0 Å². The van der Waals surface area contributed by atoms with E-state index in [-0.39, 0.29) is 11.9 Å². The molecule has 1 fully saturated rings. The number of piperidine rings is 1. The third-order valence-corrected chi connectivity index (χ3v) is 5.42. The predicted octanol–water partition coefficient (Wildman–Crippen LogP) is 2.83. The van der Waals surface area contributed by atoms with Gasteiger partial charge in [-0.1, -0.05) is 22.2 Å². The topological polar surface area (TPSA) is 87.2 Å². The molecule has 0 bridgehead atoms. The summed E-state index contributed by atoms with van der Waals surface area (Å²) < 4.78 is 3.83. The van der Waals surface area contributed by atoms with E-state index in [4.69, 9.17) is 0 Å². The van der Waals surface area contributed by atoms with Crippen LogP contribution in [0.2, 0.25) is 0 Å². The molecular formula is C18H23N5O2S. The number of hydrogen-bond acceptors (Lipinski definition) is 5. The fourth-order valence-electron chi connectivity index (χ4n) is 2.96. The van der Waals surface area contributed by atoms with Gasteiger partial charge in [0.2, 0.25) is 0 Å². The van der Waals surface area contributed by atoms with Gasteiger partial charge in [-0.15, -0.1) is 5.10 Å². The molecule has 1 aromatic heterocycles. The lowest BCUT2D eigenvalue weighted by atomic mass is 9.96. The zero-order valence-electron chi connectivity index (χ0n) is 15.0. The molecule has 1 saturated heterocycles. The highest BCUT2D eigenvalue weighted by atomic mass is 32.1. The van der Waals surface area contributed by atoms with Gasteiger partial charge in [-0.25, -0.2) is 4.79 Å². The number of carbonyl (C=O) groups excluding carboxylic acids is 2. The van der Waals surface area contributed by atoms with E-state index < -0.39 is 0 Å². The summed E-state index contributed by atoms with van der Waals surface area (Å²) in [6.07, 6.45) is 1.75. The number of rotatable bonds is 4. The molecule has 2 aromatic rings. The van der Waals surface area contributed by atoms with E-state index in [1.807, 2.05) is 36.1 Å². The minimum Gasteiger partial charge on any atom is -0.338 e. The Balaban J connectivity index is 1.41. The molecule has 0 spiro atoms. The average Bonchev–Trinajstić information content (AvgIpc) is 3.08. The molecule has 1 aromatic carbocycles. The second-order valence-corrected chi connectivity index (χ2v) is 7.38. The Labute approximate surface area is 157 Å². The number of urea groups is 1. The number of carbonyl (C=O) groups is 2. The Kier molecular flexibility index (Phi) is 5.82. The van der Waals surface area contributed by atoms with Gasteiger partial charge in [0.15, 0.2) is 0 Å². The maximum Gasteiger partial charge on any atom is 0.319 e. The van der Waals surface area contributed by atoms with Crippen molar-refractivity contribution < 1.29 is 9.59 Å². The molecule has 138 valence electrons. The van der Waals surface area contributed by atoms with Gasteiger partial charge in [0.1, 0.15) is 4.88 Å². The zero-order chi connectivity index (χ0) is 18.5. The van der Waals surface area contributed by atoms with Gasteiger partial charge in [-0.2, -0.15) is 0 Å². The molecule has 0 saturated carbocycles. The quantitative estimate of drug-likeness (QED) is 0.863. The van der Waals surface area contributed by atoms with E-state index in [9.17, 15) is 9.59 Å². The van der Waals surface area contributed by atoms with Crippen molar-refractivity contribution >= 4 is 29.2 Å². The number of amides is 3. The Morgan fingerprint density at radius 1 is 1.19 bits per heavy atom. The number of hydrogen-bond donors (Lipinski definition) is 2. The second-order valence-electron chi connectivity index (χ2n) is 6.62. The van der Waals surface area contributed by atoms with Crippen LogP contribution in [0.3, 0.4) is 0 Å². The van der Waals surface area contributed by atoms with Gasteiger partial charge in [0, 0.05) is 25.3 Å². The standard InChI is InChI=1S/C18H23N5O2S/c1-12-3-5-15(6-4-12)20-18(25)19-11-14-7-9-23(10-8-14)17(24)16-13(2)21-22-26-16/h3-6,14H,7-11H2,1-2H3,(H2,19,20,25). The Morgan fingerprint density at radius 3 is 2.50 bits per heavy atom. The molecule has 3 rings (SSSR count). The normalized spacial score (nSPS) is 14.9. The Morgan fingerprint density at radius 2 is 1.88 bits per heavy atom. The van der Waals surface area contributed by atoms with E-state index in [1.54, 1.807) is 6.92 Å². The molecule has 2 N–H and O–H groups in total. The van der Waals surface area contributed by atoms with E-state index in [2.05, 4.69) is 20.2 Å². The molecule has 0 unspecified atom stereocenters. The van der Waals surface area contributed by atoms with Gasteiger partial charge in [-0.05, 0) is 56.3 Å². The summed E-state index contributed by atoms with van der Waals surface area (Å²) in [7, 11) is 0. The summed E-state index contributed by atoms with van der Waals surface area (Å²) in [6, 6.07) is 7.49. The lowest BCUT2D eigenvalue weighted by Crippen LogP contribution is -2.42. The molecule has 0 aliphatic carbocycles. The van der Waals surface area contributed by atoms with Crippen LogP contribution in [0.15, 0.2) is 24.3 Å². The Hall–Kier alpha value is -2.48. The van der Waals surface area contributed by atoms with Gasteiger partial charge >= 0.3 is 6.03 Å². The summed E-state index contributed by atoms with van der Waals surface area (Å²) in [5.74, 6) is 0.393. The molecule has 1 aliphatic rings. The summed E-state index contributed by atoms with van der Waals surface area (Å²) in [6.45, 7) is 5.82.